The molecule has 3 N–H and O–H groups in total. The van der Waals surface area contributed by atoms with Crippen LogP contribution in [0.3, 0.4) is 0 Å². The molecule has 2 aromatic heterocycles. The van der Waals surface area contributed by atoms with Crippen LogP contribution in [-0.4, -0.2) is 34.0 Å². The van der Waals surface area contributed by atoms with E-state index in [-0.39, 0.29) is 13.0 Å². The SMILES string of the molecule is CC/C(=C/N)c1nc(NCc2ccc(C)nc2)cc(N2CCCC(F)(F)C2)n1. The fourth-order valence-corrected chi connectivity index (χ4v) is 3.14. The van der Waals surface area contributed by atoms with E-state index in [2.05, 4.69) is 20.3 Å². The second kappa shape index (κ2) is 8.50. The Hall–Kier alpha value is -2.77. The smallest absolute Gasteiger partial charge is 0.265 e. The molecule has 0 radical (unpaired) electrons. The van der Waals surface area contributed by atoms with Crippen molar-refractivity contribution in [3.8, 4) is 0 Å². The molecule has 1 aliphatic heterocycles. The van der Waals surface area contributed by atoms with Gasteiger partial charge in [-0.25, -0.2) is 18.7 Å². The predicted octanol–water partition coefficient (Wildman–Crippen LogP) is 3.74. The molecular weight excluding hydrogens is 362 g/mol. The molecule has 3 rings (SSSR count). The van der Waals surface area contributed by atoms with Crippen LogP contribution >= 0.6 is 0 Å². The molecule has 0 aliphatic carbocycles. The lowest BCUT2D eigenvalue weighted by atomic mass is 10.1. The van der Waals surface area contributed by atoms with Gasteiger partial charge in [-0.15, -0.1) is 0 Å². The van der Waals surface area contributed by atoms with E-state index >= 15 is 0 Å². The predicted molar refractivity (Wildman–Crippen MR) is 107 cm³/mol. The molecule has 150 valence electrons. The van der Waals surface area contributed by atoms with Gasteiger partial charge in [0.1, 0.15) is 11.6 Å². The summed E-state index contributed by atoms with van der Waals surface area (Å²) < 4.78 is 27.8. The quantitative estimate of drug-likeness (QED) is 0.785. The Morgan fingerprint density at radius 1 is 1.36 bits per heavy atom. The van der Waals surface area contributed by atoms with Gasteiger partial charge in [-0.2, -0.15) is 0 Å². The van der Waals surface area contributed by atoms with Crippen LogP contribution in [0.2, 0.25) is 0 Å². The Morgan fingerprint density at radius 2 is 2.18 bits per heavy atom. The molecule has 1 saturated heterocycles. The summed E-state index contributed by atoms with van der Waals surface area (Å²) in [6.45, 7) is 4.61. The minimum absolute atomic E-state index is 0.0874. The molecule has 0 unspecified atom stereocenters. The highest BCUT2D eigenvalue weighted by atomic mass is 19.3. The van der Waals surface area contributed by atoms with Crippen LogP contribution in [0, 0.1) is 6.92 Å². The summed E-state index contributed by atoms with van der Waals surface area (Å²) in [5.74, 6) is -1.19. The third-order valence-corrected chi connectivity index (χ3v) is 4.74. The standard InChI is InChI=1S/C20H26F2N6/c1-3-16(10-23)19-26-17(25-12-15-6-5-14(2)24-11-15)9-18(27-19)28-8-4-7-20(21,22)13-28/h5-6,9-11H,3-4,7-8,12-13,23H2,1-2H3,(H,25,26,27)/b16-10-. The van der Waals surface area contributed by atoms with Gasteiger partial charge in [-0.05, 0) is 31.4 Å². The van der Waals surface area contributed by atoms with Gasteiger partial charge in [-0.3, -0.25) is 4.98 Å². The normalized spacial score (nSPS) is 16.9. The number of hydrogen-bond acceptors (Lipinski definition) is 6. The lowest BCUT2D eigenvalue weighted by Crippen LogP contribution is -2.43. The molecule has 0 aromatic carbocycles. The van der Waals surface area contributed by atoms with Gasteiger partial charge in [0.05, 0.1) is 6.54 Å². The van der Waals surface area contributed by atoms with Crippen LogP contribution in [-0.2, 0) is 6.54 Å². The molecule has 2 aromatic rings. The summed E-state index contributed by atoms with van der Waals surface area (Å²) >= 11 is 0. The van der Waals surface area contributed by atoms with Crippen molar-refractivity contribution in [3.63, 3.8) is 0 Å². The fourth-order valence-electron chi connectivity index (χ4n) is 3.14. The van der Waals surface area contributed by atoms with Gasteiger partial charge in [-0.1, -0.05) is 13.0 Å². The third-order valence-electron chi connectivity index (χ3n) is 4.74. The first-order valence-corrected chi connectivity index (χ1v) is 9.48. The number of nitrogens with zero attached hydrogens (tertiary/aromatic N) is 4. The molecule has 6 nitrogen and oxygen atoms in total. The second-order valence-electron chi connectivity index (χ2n) is 7.02. The molecule has 0 saturated carbocycles. The maximum Gasteiger partial charge on any atom is 0.265 e. The molecular formula is C20H26F2N6. The minimum Gasteiger partial charge on any atom is -0.404 e. The van der Waals surface area contributed by atoms with E-state index < -0.39 is 5.92 Å². The zero-order chi connectivity index (χ0) is 20.1. The third kappa shape index (κ3) is 4.94. The number of pyridine rings is 1. The van der Waals surface area contributed by atoms with E-state index in [1.165, 1.54) is 6.20 Å². The monoisotopic (exact) mass is 388 g/mol. The molecule has 0 bridgehead atoms. The summed E-state index contributed by atoms with van der Waals surface area (Å²) in [5, 5.41) is 3.25. The van der Waals surface area contributed by atoms with Crippen molar-refractivity contribution in [3.05, 3.63) is 47.7 Å². The maximum atomic E-state index is 13.9. The summed E-state index contributed by atoms with van der Waals surface area (Å²) in [6, 6.07) is 5.65. The molecule has 28 heavy (non-hydrogen) atoms. The zero-order valence-corrected chi connectivity index (χ0v) is 16.3. The summed E-state index contributed by atoms with van der Waals surface area (Å²) in [4.78, 5) is 14.9. The molecule has 0 spiro atoms. The van der Waals surface area contributed by atoms with Gasteiger partial charge >= 0.3 is 0 Å². The van der Waals surface area contributed by atoms with Gasteiger partial charge in [0.2, 0.25) is 0 Å². The number of hydrogen-bond donors (Lipinski definition) is 2. The Kier molecular flexibility index (Phi) is 6.06. The largest absolute Gasteiger partial charge is 0.404 e. The number of rotatable bonds is 6. The number of nitrogens with one attached hydrogen (secondary N) is 1. The van der Waals surface area contributed by atoms with Gasteiger partial charge < -0.3 is 16.0 Å². The average molecular weight is 388 g/mol. The van der Waals surface area contributed by atoms with E-state index in [0.29, 0.717) is 43.4 Å². The van der Waals surface area contributed by atoms with Crippen LogP contribution in [0.1, 0.15) is 43.3 Å². The van der Waals surface area contributed by atoms with Crippen molar-refractivity contribution in [1.29, 1.82) is 0 Å². The van der Waals surface area contributed by atoms with E-state index in [4.69, 9.17) is 5.73 Å². The Labute approximate surface area is 163 Å². The summed E-state index contributed by atoms with van der Waals surface area (Å²) in [5.41, 5.74) is 8.43. The van der Waals surface area contributed by atoms with Crippen molar-refractivity contribution >= 4 is 17.2 Å². The van der Waals surface area contributed by atoms with Crippen LogP contribution in [0.4, 0.5) is 20.4 Å². The highest BCUT2D eigenvalue weighted by Gasteiger charge is 2.36. The van der Waals surface area contributed by atoms with Gasteiger partial charge in [0.15, 0.2) is 5.82 Å². The van der Waals surface area contributed by atoms with Gasteiger partial charge in [0, 0.05) is 49.2 Å². The van der Waals surface area contributed by atoms with Crippen LogP contribution in [0.15, 0.2) is 30.6 Å². The first-order valence-electron chi connectivity index (χ1n) is 9.48. The molecule has 8 heteroatoms. The van der Waals surface area contributed by atoms with Gasteiger partial charge in [0.25, 0.3) is 5.92 Å². The number of piperidine rings is 1. The molecule has 0 atom stereocenters. The van der Waals surface area contributed by atoms with E-state index in [1.54, 1.807) is 17.2 Å². The topological polar surface area (TPSA) is 80.0 Å². The number of aryl methyl sites for hydroxylation is 1. The molecule has 1 aliphatic rings. The Morgan fingerprint density at radius 3 is 2.82 bits per heavy atom. The summed E-state index contributed by atoms with van der Waals surface area (Å²) in [6.07, 6.45) is 4.26. The number of nitrogens with two attached hydrogens (primary N) is 1. The Balaban J connectivity index is 1.87. The number of aromatic nitrogens is 3. The maximum absolute atomic E-state index is 13.9. The van der Waals surface area contributed by atoms with Crippen molar-refractivity contribution < 1.29 is 8.78 Å². The summed E-state index contributed by atoms with van der Waals surface area (Å²) in [7, 11) is 0. The van der Waals surface area contributed by atoms with Crippen LogP contribution in [0.25, 0.3) is 5.57 Å². The minimum atomic E-state index is -2.71. The molecule has 3 heterocycles. The molecule has 1 fully saturated rings. The Bertz CT molecular complexity index is 835. The average Bonchev–Trinajstić information content (AvgIpc) is 2.68. The first kappa shape index (κ1) is 20.0. The van der Waals surface area contributed by atoms with Crippen molar-refractivity contribution in [2.24, 2.45) is 5.73 Å². The number of halogens is 2. The fraction of sp³-hybridized carbons (Fsp3) is 0.450. The highest BCUT2D eigenvalue weighted by molar-refractivity contribution is 5.63. The van der Waals surface area contributed by atoms with E-state index in [1.807, 2.05) is 26.0 Å². The zero-order valence-electron chi connectivity index (χ0n) is 16.3. The second-order valence-corrected chi connectivity index (χ2v) is 7.02. The van der Waals surface area contributed by atoms with Crippen LogP contribution in [0.5, 0.6) is 0 Å². The lowest BCUT2D eigenvalue weighted by molar-refractivity contribution is -0.0118. The number of anilines is 2. The number of alkyl halides is 2. The lowest BCUT2D eigenvalue weighted by Gasteiger charge is -2.33. The van der Waals surface area contributed by atoms with Crippen molar-refractivity contribution in [2.75, 3.05) is 23.3 Å². The first-order chi connectivity index (χ1) is 13.4. The van der Waals surface area contributed by atoms with Crippen molar-refractivity contribution in [1.82, 2.24) is 15.0 Å². The molecule has 0 amide bonds. The van der Waals surface area contributed by atoms with E-state index in [0.717, 1.165) is 16.8 Å². The number of allylic oxidation sites excluding steroid dienone is 1. The van der Waals surface area contributed by atoms with E-state index in [9.17, 15) is 8.78 Å². The van der Waals surface area contributed by atoms with Crippen molar-refractivity contribution in [2.45, 2.75) is 45.6 Å². The van der Waals surface area contributed by atoms with Crippen LogP contribution < -0.4 is 16.0 Å². The highest BCUT2D eigenvalue weighted by Crippen LogP contribution is 2.30.